The van der Waals surface area contributed by atoms with Gasteiger partial charge in [-0.3, -0.25) is 9.80 Å². The number of piperidine rings is 3. The van der Waals surface area contributed by atoms with E-state index >= 15 is 0 Å². The van der Waals surface area contributed by atoms with Gasteiger partial charge in [0.15, 0.2) is 0 Å². The summed E-state index contributed by atoms with van der Waals surface area (Å²) in [6, 6.07) is 1.70. The second-order valence-corrected chi connectivity index (χ2v) is 13.6. The molecular formula is C28H55N5. The maximum atomic E-state index is 2.87. The summed E-state index contributed by atoms with van der Waals surface area (Å²) in [5.41, 5.74) is 0.668. The van der Waals surface area contributed by atoms with Gasteiger partial charge >= 0.3 is 0 Å². The average molecular weight is 462 g/mol. The lowest BCUT2D eigenvalue weighted by atomic mass is 9.91. The molecule has 0 radical (unpaired) electrons. The van der Waals surface area contributed by atoms with E-state index in [1.165, 1.54) is 111 Å². The molecule has 0 aromatic heterocycles. The second kappa shape index (κ2) is 10.8. The van der Waals surface area contributed by atoms with Crippen LogP contribution in [0, 0.1) is 5.92 Å². The Bertz CT molecular complexity index is 576. The molecule has 4 aliphatic rings. The van der Waals surface area contributed by atoms with Crippen LogP contribution in [0.2, 0.25) is 0 Å². The smallest absolute Gasteiger partial charge is 0.0126 e. The van der Waals surface area contributed by atoms with Crippen LogP contribution in [0.5, 0.6) is 0 Å². The number of piperazine rings is 1. The van der Waals surface area contributed by atoms with Gasteiger partial charge in [-0.15, -0.1) is 0 Å². The van der Waals surface area contributed by atoms with Gasteiger partial charge in [0.25, 0.3) is 0 Å². The van der Waals surface area contributed by atoms with Crippen molar-refractivity contribution in [1.29, 1.82) is 0 Å². The molecule has 0 atom stereocenters. The topological polar surface area (TPSA) is 16.2 Å². The third-order valence-corrected chi connectivity index (χ3v) is 9.43. The van der Waals surface area contributed by atoms with Crippen LogP contribution in [-0.2, 0) is 0 Å². The summed E-state index contributed by atoms with van der Waals surface area (Å²) < 4.78 is 0. The van der Waals surface area contributed by atoms with E-state index in [1.54, 1.807) is 0 Å². The fraction of sp³-hybridized carbons (Fsp3) is 1.00. The van der Waals surface area contributed by atoms with E-state index in [2.05, 4.69) is 66.0 Å². The zero-order valence-corrected chi connectivity index (χ0v) is 23.0. The Balaban J connectivity index is 1.12. The Morgan fingerprint density at radius 3 is 1.33 bits per heavy atom. The van der Waals surface area contributed by atoms with E-state index in [0.29, 0.717) is 11.1 Å². The molecule has 192 valence electrons. The third kappa shape index (κ3) is 6.94. The lowest BCUT2D eigenvalue weighted by Crippen LogP contribution is -2.55. The molecule has 4 rings (SSSR count). The normalized spacial score (nSPS) is 28.5. The van der Waals surface area contributed by atoms with Crippen molar-refractivity contribution < 1.29 is 0 Å². The monoisotopic (exact) mass is 461 g/mol. The summed E-state index contributed by atoms with van der Waals surface area (Å²) in [6.07, 6.45) is 8.39. The van der Waals surface area contributed by atoms with Crippen molar-refractivity contribution in [2.45, 2.75) is 103 Å². The minimum absolute atomic E-state index is 0.330. The molecule has 0 spiro atoms. The molecule has 4 aliphatic heterocycles. The first-order valence-electron chi connectivity index (χ1n) is 14.3. The quantitative estimate of drug-likeness (QED) is 0.630. The Labute approximate surface area is 205 Å². The van der Waals surface area contributed by atoms with Crippen LogP contribution < -0.4 is 0 Å². The lowest BCUT2D eigenvalue weighted by Gasteiger charge is -2.47. The zero-order valence-electron chi connectivity index (χ0n) is 23.0. The molecule has 5 heteroatoms. The van der Waals surface area contributed by atoms with Crippen molar-refractivity contribution in [1.82, 2.24) is 24.5 Å². The largest absolute Gasteiger partial charge is 0.301 e. The van der Waals surface area contributed by atoms with Gasteiger partial charge in [0.2, 0.25) is 0 Å². The minimum atomic E-state index is 0.330. The molecule has 0 N–H and O–H groups in total. The first-order valence-corrected chi connectivity index (χ1v) is 14.3. The van der Waals surface area contributed by atoms with Gasteiger partial charge in [0.1, 0.15) is 0 Å². The Kier molecular flexibility index (Phi) is 8.49. The van der Waals surface area contributed by atoms with Crippen molar-refractivity contribution >= 4 is 0 Å². The fourth-order valence-corrected chi connectivity index (χ4v) is 6.99. The standard InChI is InChI=1S/C28H55N5/c1-27(2,3)32-17-11-26(12-18-32)31-15-9-25(10-16-31)30-13-7-24(8-14-30)23-29-19-21-33(22-20-29)28(4,5)6/h24-26H,7-23H2,1-6H3. The van der Waals surface area contributed by atoms with Crippen LogP contribution in [0.25, 0.3) is 0 Å². The molecule has 0 amide bonds. The van der Waals surface area contributed by atoms with E-state index in [9.17, 15) is 0 Å². The molecule has 5 nitrogen and oxygen atoms in total. The van der Waals surface area contributed by atoms with E-state index in [1.807, 2.05) is 0 Å². The first-order chi connectivity index (χ1) is 15.6. The van der Waals surface area contributed by atoms with Crippen molar-refractivity contribution in [2.75, 3.05) is 72.0 Å². The summed E-state index contributed by atoms with van der Waals surface area (Å²) >= 11 is 0. The molecule has 0 saturated carbocycles. The molecule has 0 aromatic rings. The summed E-state index contributed by atoms with van der Waals surface area (Å²) in [6.45, 7) is 28.5. The number of hydrogen-bond acceptors (Lipinski definition) is 5. The number of likely N-dealkylation sites (tertiary alicyclic amines) is 3. The number of rotatable bonds is 4. The molecule has 0 unspecified atom stereocenters. The molecule has 4 fully saturated rings. The van der Waals surface area contributed by atoms with Crippen LogP contribution in [0.3, 0.4) is 0 Å². The SMILES string of the molecule is CC(C)(C)N1CCC(N2CCC(N3CCC(CN4CCN(C(C)(C)C)CC4)CC3)CC2)CC1. The van der Waals surface area contributed by atoms with Crippen LogP contribution in [-0.4, -0.2) is 120 Å². The predicted molar refractivity (Wildman–Crippen MR) is 141 cm³/mol. The molecule has 33 heavy (non-hydrogen) atoms. The highest BCUT2D eigenvalue weighted by Gasteiger charge is 2.34. The summed E-state index contributed by atoms with van der Waals surface area (Å²) in [5.74, 6) is 0.926. The van der Waals surface area contributed by atoms with E-state index in [-0.39, 0.29) is 0 Å². The zero-order chi connectivity index (χ0) is 23.6. The van der Waals surface area contributed by atoms with Crippen molar-refractivity contribution in [2.24, 2.45) is 5.92 Å². The molecule has 0 aromatic carbocycles. The fourth-order valence-electron chi connectivity index (χ4n) is 6.99. The maximum Gasteiger partial charge on any atom is 0.0126 e. The summed E-state index contributed by atoms with van der Waals surface area (Å²) in [4.78, 5) is 13.8. The molecule has 4 saturated heterocycles. The van der Waals surface area contributed by atoms with Gasteiger partial charge in [0, 0.05) is 69.0 Å². The minimum Gasteiger partial charge on any atom is -0.301 e. The van der Waals surface area contributed by atoms with Crippen molar-refractivity contribution in [3.63, 3.8) is 0 Å². The average Bonchev–Trinajstić information content (AvgIpc) is 2.79. The van der Waals surface area contributed by atoms with Gasteiger partial charge in [0.05, 0.1) is 0 Å². The van der Waals surface area contributed by atoms with Gasteiger partial charge in [-0.2, -0.15) is 0 Å². The highest BCUT2D eigenvalue weighted by atomic mass is 15.3. The van der Waals surface area contributed by atoms with E-state index < -0.39 is 0 Å². The summed E-state index contributed by atoms with van der Waals surface area (Å²) in [7, 11) is 0. The van der Waals surface area contributed by atoms with Crippen LogP contribution >= 0.6 is 0 Å². The molecule has 4 heterocycles. The Morgan fingerprint density at radius 2 is 0.879 bits per heavy atom. The van der Waals surface area contributed by atoms with Crippen molar-refractivity contribution in [3.8, 4) is 0 Å². The van der Waals surface area contributed by atoms with Crippen LogP contribution in [0.1, 0.15) is 80.1 Å². The van der Waals surface area contributed by atoms with Gasteiger partial charge in [-0.1, -0.05) is 0 Å². The predicted octanol–water partition coefficient (Wildman–Crippen LogP) is 3.84. The highest BCUT2D eigenvalue weighted by molar-refractivity contribution is 4.90. The van der Waals surface area contributed by atoms with Crippen molar-refractivity contribution in [3.05, 3.63) is 0 Å². The van der Waals surface area contributed by atoms with E-state index in [0.717, 1.165) is 18.0 Å². The van der Waals surface area contributed by atoms with Crippen LogP contribution in [0.4, 0.5) is 0 Å². The first kappa shape index (κ1) is 25.9. The molecular weight excluding hydrogens is 406 g/mol. The molecule has 0 bridgehead atoms. The lowest BCUT2D eigenvalue weighted by molar-refractivity contribution is 0.0189. The maximum absolute atomic E-state index is 2.87. The second-order valence-electron chi connectivity index (χ2n) is 13.6. The van der Waals surface area contributed by atoms with Gasteiger partial charge in [-0.25, -0.2) is 0 Å². The van der Waals surface area contributed by atoms with Gasteiger partial charge in [-0.05, 0) is 112 Å². The Morgan fingerprint density at radius 1 is 0.485 bits per heavy atom. The third-order valence-electron chi connectivity index (χ3n) is 9.43. The Hall–Kier alpha value is -0.200. The van der Waals surface area contributed by atoms with E-state index in [4.69, 9.17) is 0 Å². The molecule has 0 aliphatic carbocycles. The highest BCUT2D eigenvalue weighted by Crippen LogP contribution is 2.29. The van der Waals surface area contributed by atoms with Gasteiger partial charge < -0.3 is 14.7 Å². The number of nitrogens with zero attached hydrogens (tertiary/aromatic N) is 5. The number of hydrogen-bond donors (Lipinski definition) is 0. The summed E-state index contributed by atoms with van der Waals surface area (Å²) in [5, 5.41) is 0. The van der Waals surface area contributed by atoms with Crippen LogP contribution in [0.15, 0.2) is 0 Å².